The Morgan fingerprint density at radius 1 is 1.35 bits per heavy atom. The number of carbonyl (C=O) groups is 1. The number of ether oxygens (including phenoxy) is 1. The highest BCUT2D eigenvalue weighted by atomic mass is 35.5. The maximum atomic E-state index is 12.1. The van der Waals surface area contributed by atoms with Crippen molar-refractivity contribution in [3.8, 4) is 5.75 Å². The summed E-state index contributed by atoms with van der Waals surface area (Å²) in [5.41, 5.74) is 0. The lowest BCUT2D eigenvalue weighted by atomic mass is 10.1. The molecule has 1 N–H and O–H groups in total. The van der Waals surface area contributed by atoms with Crippen LogP contribution in [-0.2, 0) is 14.8 Å². The van der Waals surface area contributed by atoms with E-state index in [1.165, 1.54) is 0 Å². The zero-order valence-corrected chi connectivity index (χ0v) is 14.9. The monoisotopic (exact) mass is 380 g/mol. The maximum Gasteiger partial charge on any atom is 0.260 e. The molecule has 0 spiro atoms. The SMILES string of the molecule is CS(=O)(=O)NC1CCN(C(=O)COc2ccc(Cl)cc2Cl)CC1. The van der Waals surface area contributed by atoms with Gasteiger partial charge < -0.3 is 9.64 Å². The Hall–Kier alpha value is -1.02. The van der Waals surface area contributed by atoms with Gasteiger partial charge in [-0.2, -0.15) is 0 Å². The highest BCUT2D eigenvalue weighted by Gasteiger charge is 2.24. The third kappa shape index (κ3) is 5.84. The number of rotatable bonds is 5. The second-order valence-electron chi connectivity index (χ2n) is 5.41. The lowest BCUT2D eigenvalue weighted by molar-refractivity contribution is -0.134. The van der Waals surface area contributed by atoms with Crippen LogP contribution in [0.3, 0.4) is 0 Å². The van der Waals surface area contributed by atoms with Crippen LogP contribution in [0.15, 0.2) is 18.2 Å². The van der Waals surface area contributed by atoms with Crippen molar-refractivity contribution in [2.24, 2.45) is 0 Å². The molecule has 0 unspecified atom stereocenters. The van der Waals surface area contributed by atoms with E-state index >= 15 is 0 Å². The van der Waals surface area contributed by atoms with Gasteiger partial charge in [0.15, 0.2) is 6.61 Å². The van der Waals surface area contributed by atoms with Gasteiger partial charge >= 0.3 is 0 Å². The second-order valence-corrected chi connectivity index (χ2v) is 8.03. The van der Waals surface area contributed by atoms with Crippen molar-refractivity contribution in [3.05, 3.63) is 28.2 Å². The van der Waals surface area contributed by atoms with Crippen molar-refractivity contribution in [2.75, 3.05) is 26.0 Å². The maximum absolute atomic E-state index is 12.1. The summed E-state index contributed by atoms with van der Waals surface area (Å²) in [4.78, 5) is 13.8. The molecule has 2 rings (SSSR count). The third-order valence-electron chi connectivity index (χ3n) is 3.47. The van der Waals surface area contributed by atoms with Gasteiger partial charge in [-0.25, -0.2) is 13.1 Å². The summed E-state index contributed by atoms with van der Waals surface area (Å²) in [6.07, 6.45) is 2.30. The van der Waals surface area contributed by atoms with Gasteiger partial charge in [-0.05, 0) is 31.0 Å². The van der Waals surface area contributed by atoms with Crippen molar-refractivity contribution >= 4 is 39.1 Å². The molecule has 0 bridgehead atoms. The predicted molar refractivity (Wildman–Crippen MR) is 89.5 cm³/mol. The van der Waals surface area contributed by atoms with Crippen molar-refractivity contribution in [1.29, 1.82) is 0 Å². The first kappa shape index (κ1) is 18.3. The van der Waals surface area contributed by atoms with Crippen molar-refractivity contribution in [3.63, 3.8) is 0 Å². The molecule has 1 amide bonds. The van der Waals surface area contributed by atoms with Gasteiger partial charge in [0.05, 0.1) is 11.3 Å². The van der Waals surface area contributed by atoms with E-state index in [1.807, 2.05) is 0 Å². The zero-order chi connectivity index (χ0) is 17.0. The van der Waals surface area contributed by atoms with Crippen LogP contribution in [0.4, 0.5) is 0 Å². The molecule has 0 atom stereocenters. The van der Waals surface area contributed by atoms with E-state index in [2.05, 4.69) is 4.72 Å². The first-order valence-electron chi connectivity index (χ1n) is 7.07. The van der Waals surface area contributed by atoms with Crippen LogP contribution in [0, 0.1) is 0 Å². The summed E-state index contributed by atoms with van der Waals surface area (Å²) in [5, 5.41) is 0.843. The van der Waals surface area contributed by atoms with Gasteiger partial charge in [-0.1, -0.05) is 23.2 Å². The summed E-state index contributed by atoms with van der Waals surface area (Å²) in [7, 11) is -3.22. The van der Waals surface area contributed by atoms with E-state index in [0.717, 1.165) is 6.26 Å². The number of hydrogen-bond donors (Lipinski definition) is 1. The molecule has 0 radical (unpaired) electrons. The first-order valence-corrected chi connectivity index (χ1v) is 9.72. The lowest BCUT2D eigenvalue weighted by Gasteiger charge is -2.31. The molecule has 0 aromatic heterocycles. The molecule has 1 aliphatic heterocycles. The van der Waals surface area contributed by atoms with Crippen LogP contribution in [0.5, 0.6) is 5.75 Å². The first-order chi connectivity index (χ1) is 10.7. The molecule has 6 nitrogen and oxygen atoms in total. The summed E-state index contributed by atoms with van der Waals surface area (Å²) in [6.45, 7) is 0.860. The standard InChI is InChI=1S/C14H18Cl2N2O4S/c1-23(20,21)17-11-4-6-18(7-5-11)14(19)9-22-13-3-2-10(15)8-12(13)16/h2-3,8,11,17H,4-7,9H2,1H3. The van der Waals surface area contributed by atoms with E-state index in [4.69, 9.17) is 27.9 Å². The molecule has 1 saturated heterocycles. The number of hydrogen-bond acceptors (Lipinski definition) is 4. The Morgan fingerprint density at radius 2 is 2.00 bits per heavy atom. The van der Waals surface area contributed by atoms with Crippen LogP contribution >= 0.6 is 23.2 Å². The van der Waals surface area contributed by atoms with E-state index < -0.39 is 10.0 Å². The molecule has 0 saturated carbocycles. The minimum absolute atomic E-state index is 0.120. The van der Waals surface area contributed by atoms with Gasteiger partial charge in [0, 0.05) is 24.2 Å². The minimum Gasteiger partial charge on any atom is -0.482 e. The molecule has 0 aliphatic carbocycles. The van der Waals surface area contributed by atoms with Crippen molar-refractivity contribution in [2.45, 2.75) is 18.9 Å². The number of amides is 1. The largest absolute Gasteiger partial charge is 0.482 e. The quantitative estimate of drug-likeness (QED) is 0.846. The highest BCUT2D eigenvalue weighted by molar-refractivity contribution is 7.88. The lowest BCUT2D eigenvalue weighted by Crippen LogP contribution is -2.47. The number of carbonyl (C=O) groups excluding carboxylic acids is 1. The molecule has 23 heavy (non-hydrogen) atoms. The van der Waals surface area contributed by atoms with Crippen LogP contribution in [0.25, 0.3) is 0 Å². The summed E-state index contributed by atoms with van der Waals surface area (Å²) < 4.78 is 30.4. The van der Waals surface area contributed by atoms with E-state index in [0.29, 0.717) is 41.7 Å². The minimum atomic E-state index is -3.22. The van der Waals surface area contributed by atoms with E-state index in [-0.39, 0.29) is 18.6 Å². The molecule has 1 aromatic rings. The number of halogens is 2. The fraction of sp³-hybridized carbons (Fsp3) is 0.500. The summed E-state index contributed by atoms with van der Waals surface area (Å²) >= 11 is 11.8. The third-order valence-corrected chi connectivity index (χ3v) is 4.77. The molecule has 128 valence electrons. The zero-order valence-electron chi connectivity index (χ0n) is 12.6. The Balaban J connectivity index is 1.81. The van der Waals surface area contributed by atoms with Crippen LogP contribution in [-0.4, -0.2) is 51.2 Å². The van der Waals surface area contributed by atoms with Crippen molar-refractivity contribution < 1.29 is 17.9 Å². The Labute approximate surface area is 145 Å². The average molecular weight is 381 g/mol. The summed E-state index contributed by atoms with van der Waals surface area (Å²) in [5.74, 6) is 0.242. The Kier molecular flexibility index (Phi) is 6.13. The average Bonchev–Trinajstić information content (AvgIpc) is 2.45. The number of nitrogens with one attached hydrogen (secondary N) is 1. The van der Waals surface area contributed by atoms with Gasteiger partial charge in [-0.3, -0.25) is 4.79 Å². The number of nitrogens with zero attached hydrogens (tertiary/aromatic N) is 1. The van der Waals surface area contributed by atoms with Gasteiger partial charge in [0.2, 0.25) is 10.0 Å². The molecule has 1 aromatic carbocycles. The number of piperidine rings is 1. The normalized spacial score (nSPS) is 16.4. The van der Waals surface area contributed by atoms with Crippen molar-refractivity contribution in [1.82, 2.24) is 9.62 Å². The smallest absolute Gasteiger partial charge is 0.260 e. The molecular weight excluding hydrogens is 363 g/mol. The topological polar surface area (TPSA) is 75.7 Å². The fourth-order valence-electron chi connectivity index (χ4n) is 2.37. The Bertz CT molecular complexity index is 673. The highest BCUT2D eigenvalue weighted by Crippen LogP contribution is 2.27. The fourth-order valence-corrected chi connectivity index (χ4v) is 3.68. The van der Waals surface area contributed by atoms with E-state index in [9.17, 15) is 13.2 Å². The van der Waals surface area contributed by atoms with Gasteiger partial charge in [0.1, 0.15) is 5.75 Å². The predicted octanol–water partition coefficient (Wildman–Crippen LogP) is 1.91. The van der Waals surface area contributed by atoms with Crippen LogP contribution in [0.1, 0.15) is 12.8 Å². The molecular formula is C14H18Cl2N2O4S. The second kappa shape index (κ2) is 7.70. The van der Waals surface area contributed by atoms with Gasteiger partial charge in [-0.15, -0.1) is 0 Å². The number of sulfonamides is 1. The molecule has 1 aliphatic rings. The molecule has 9 heteroatoms. The summed E-state index contributed by atoms with van der Waals surface area (Å²) in [6, 6.07) is 4.67. The van der Waals surface area contributed by atoms with E-state index in [1.54, 1.807) is 23.1 Å². The Morgan fingerprint density at radius 3 is 2.57 bits per heavy atom. The number of benzene rings is 1. The molecule has 1 heterocycles. The van der Waals surface area contributed by atoms with Crippen LogP contribution in [0.2, 0.25) is 10.0 Å². The van der Waals surface area contributed by atoms with Gasteiger partial charge in [0.25, 0.3) is 5.91 Å². The van der Waals surface area contributed by atoms with Crippen LogP contribution < -0.4 is 9.46 Å². The molecule has 1 fully saturated rings. The number of likely N-dealkylation sites (tertiary alicyclic amines) is 1.